The van der Waals surface area contributed by atoms with Gasteiger partial charge in [0.1, 0.15) is 14.5 Å². The van der Waals surface area contributed by atoms with Gasteiger partial charge in [-0.3, -0.25) is 4.98 Å². The molecule has 0 saturated carbocycles. The van der Waals surface area contributed by atoms with Crippen LogP contribution in [0.4, 0.5) is 0 Å². The number of nitrogens with zero attached hydrogens (tertiary/aromatic N) is 4. The molecular formula is C20H10N4S2. The molecule has 6 aromatic heterocycles. The van der Waals surface area contributed by atoms with E-state index < -0.39 is 0 Å². The SMILES string of the molecule is c1cnc2sc3nc(-c4ccc5c(n4)sc4ccncc45)ccc3c2c1. The molecule has 0 amide bonds. The van der Waals surface area contributed by atoms with E-state index in [1.807, 2.05) is 42.9 Å². The van der Waals surface area contributed by atoms with Crippen LogP contribution >= 0.6 is 22.7 Å². The first-order valence-electron chi connectivity index (χ1n) is 8.15. The first kappa shape index (κ1) is 14.2. The van der Waals surface area contributed by atoms with Crippen LogP contribution in [0.1, 0.15) is 0 Å². The van der Waals surface area contributed by atoms with Crippen molar-refractivity contribution >= 4 is 63.4 Å². The first-order valence-corrected chi connectivity index (χ1v) is 9.78. The van der Waals surface area contributed by atoms with Crippen LogP contribution < -0.4 is 0 Å². The Bertz CT molecular complexity index is 1340. The van der Waals surface area contributed by atoms with Gasteiger partial charge in [0.15, 0.2) is 0 Å². The average Bonchev–Trinajstić information content (AvgIpc) is 3.24. The van der Waals surface area contributed by atoms with E-state index in [0.29, 0.717) is 0 Å². The van der Waals surface area contributed by atoms with Crippen molar-refractivity contribution in [2.75, 3.05) is 0 Å². The van der Waals surface area contributed by atoms with Gasteiger partial charge in [-0.25, -0.2) is 15.0 Å². The van der Waals surface area contributed by atoms with Crippen molar-refractivity contribution in [3.05, 3.63) is 61.1 Å². The van der Waals surface area contributed by atoms with Crippen molar-refractivity contribution in [1.29, 1.82) is 0 Å². The van der Waals surface area contributed by atoms with Crippen molar-refractivity contribution < 1.29 is 0 Å². The molecule has 0 saturated heterocycles. The zero-order chi connectivity index (χ0) is 17.1. The topological polar surface area (TPSA) is 51.6 Å². The lowest BCUT2D eigenvalue weighted by Gasteiger charge is -2.01. The summed E-state index contributed by atoms with van der Waals surface area (Å²) in [4.78, 5) is 21.4. The summed E-state index contributed by atoms with van der Waals surface area (Å²) in [6.45, 7) is 0. The lowest BCUT2D eigenvalue weighted by atomic mass is 10.1. The average molecular weight is 370 g/mol. The van der Waals surface area contributed by atoms with Crippen LogP contribution in [0.2, 0.25) is 0 Å². The Morgan fingerprint density at radius 2 is 1.35 bits per heavy atom. The Balaban J connectivity index is 1.57. The number of hydrogen-bond acceptors (Lipinski definition) is 6. The van der Waals surface area contributed by atoms with Crippen LogP contribution in [0.3, 0.4) is 0 Å². The molecule has 0 aromatic carbocycles. The molecule has 0 fully saturated rings. The van der Waals surface area contributed by atoms with Crippen LogP contribution in [-0.4, -0.2) is 19.9 Å². The van der Waals surface area contributed by atoms with Crippen LogP contribution in [-0.2, 0) is 0 Å². The summed E-state index contributed by atoms with van der Waals surface area (Å²) >= 11 is 3.31. The molecular weight excluding hydrogens is 360 g/mol. The monoisotopic (exact) mass is 370 g/mol. The normalized spacial score (nSPS) is 11.8. The van der Waals surface area contributed by atoms with E-state index in [9.17, 15) is 0 Å². The molecule has 6 rings (SSSR count). The van der Waals surface area contributed by atoms with Gasteiger partial charge in [-0.05, 0) is 42.5 Å². The third kappa shape index (κ3) is 2.00. The fourth-order valence-electron chi connectivity index (χ4n) is 3.28. The summed E-state index contributed by atoms with van der Waals surface area (Å²) in [6, 6.07) is 14.4. The fourth-order valence-corrected chi connectivity index (χ4v) is 5.34. The molecule has 4 nitrogen and oxygen atoms in total. The van der Waals surface area contributed by atoms with Crippen molar-refractivity contribution in [2.24, 2.45) is 0 Å². The Labute approximate surface area is 155 Å². The quantitative estimate of drug-likeness (QED) is 0.374. The van der Waals surface area contributed by atoms with E-state index in [4.69, 9.17) is 9.97 Å². The lowest BCUT2D eigenvalue weighted by molar-refractivity contribution is 1.34. The van der Waals surface area contributed by atoms with E-state index in [-0.39, 0.29) is 0 Å². The minimum absolute atomic E-state index is 0.890. The molecule has 0 unspecified atom stereocenters. The van der Waals surface area contributed by atoms with Crippen molar-refractivity contribution in [3.63, 3.8) is 0 Å². The fraction of sp³-hybridized carbons (Fsp3) is 0. The summed E-state index contributed by atoms with van der Waals surface area (Å²) < 4.78 is 1.21. The summed E-state index contributed by atoms with van der Waals surface area (Å²) in [5.41, 5.74) is 1.78. The smallest absolute Gasteiger partial charge is 0.126 e. The third-order valence-electron chi connectivity index (χ3n) is 4.52. The van der Waals surface area contributed by atoms with Gasteiger partial charge in [0, 0.05) is 44.8 Å². The van der Waals surface area contributed by atoms with Crippen molar-refractivity contribution in [1.82, 2.24) is 19.9 Å². The molecule has 6 heteroatoms. The summed E-state index contributed by atoms with van der Waals surface area (Å²) in [5.74, 6) is 0. The molecule has 0 radical (unpaired) electrons. The second-order valence-corrected chi connectivity index (χ2v) is 8.04. The predicted molar refractivity (Wildman–Crippen MR) is 109 cm³/mol. The zero-order valence-electron chi connectivity index (χ0n) is 13.4. The van der Waals surface area contributed by atoms with E-state index >= 15 is 0 Å². The van der Waals surface area contributed by atoms with Gasteiger partial charge in [-0.2, -0.15) is 0 Å². The number of hydrogen-bond donors (Lipinski definition) is 0. The maximum absolute atomic E-state index is 4.86. The van der Waals surface area contributed by atoms with Crippen LogP contribution in [0.25, 0.3) is 52.1 Å². The molecule has 122 valence electrons. The highest BCUT2D eigenvalue weighted by atomic mass is 32.1. The van der Waals surface area contributed by atoms with E-state index in [1.54, 1.807) is 22.7 Å². The summed E-state index contributed by atoms with van der Waals surface area (Å²) in [5, 5.41) is 4.61. The maximum atomic E-state index is 4.86. The molecule has 0 aliphatic rings. The van der Waals surface area contributed by atoms with Crippen molar-refractivity contribution in [3.8, 4) is 11.4 Å². The van der Waals surface area contributed by atoms with Gasteiger partial charge in [0.2, 0.25) is 0 Å². The standard InChI is InChI=1S/C20H10N4S2/c1-2-11-12-3-5-16(24-20(12)26-18(11)22-8-1)15-6-4-13-14-10-21-9-7-17(14)25-19(13)23-15/h1-10H. The molecule has 0 spiro atoms. The van der Waals surface area contributed by atoms with Crippen molar-refractivity contribution in [2.45, 2.75) is 0 Å². The van der Waals surface area contributed by atoms with Crippen LogP contribution in [0, 0.1) is 0 Å². The highest BCUT2D eigenvalue weighted by Crippen LogP contribution is 2.35. The highest BCUT2D eigenvalue weighted by molar-refractivity contribution is 7.25. The molecule has 0 aliphatic heterocycles. The van der Waals surface area contributed by atoms with Gasteiger partial charge in [-0.15, -0.1) is 11.3 Å². The van der Waals surface area contributed by atoms with Gasteiger partial charge in [0.05, 0.1) is 11.4 Å². The second-order valence-electron chi connectivity index (χ2n) is 6.03. The van der Waals surface area contributed by atoms with Gasteiger partial charge < -0.3 is 0 Å². The maximum Gasteiger partial charge on any atom is 0.126 e. The third-order valence-corrected chi connectivity index (χ3v) is 6.62. The molecule has 6 aromatic rings. The number of thiophene rings is 2. The van der Waals surface area contributed by atoms with Gasteiger partial charge in [-0.1, -0.05) is 11.3 Å². The summed E-state index contributed by atoms with van der Waals surface area (Å²) in [6.07, 6.45) is 5.55. The predicted octanol–water partition coefficient (Wildman–Crippen LogP) is 5.67. The van der Waals surface area contributed by atoms with Gasteiger partial charge >= 0.3 is 0 Å². The number of aromatic nitrogens is 4. The zero-order valence-corrected chi connectivity index (χ0v) is 15.0. The molecule has 0 aliphatic carbocycles. The van der Waals surface area contributed by atoms with E-state index in [1.165, 1.54) is 4.70 Å². The molecule has 0 N–H and O–H groups in total. The van der Waals surface area contributed by atoms with Crippen LogP contribution in [0.5, 0.6) is 0 Å². The number of rotatable bonds is 1. The Morgan fingerprint density at radius 1 is 0.615 bits per heavy atom. The van der Waals surface area contributed by atoms with Crippen LogP contribution in [0.15, 0.2) is 61.1 Å². The Hall–Kier alpha value is -2.96. The Morgan fingerprint density at radius 3 is 2.19 bits per heavy atom. The molecule has 0 atom stereocenters. The largest absolute Gasteiger partial charge is 0.264 e. The molecule has 0 bridgehead atoms. The minimum atomic E-state index is 0.890. The minimum Gasteiger partial charge on any atom is -0.264 e. The highest BCUT2D eigenvalue weighted by Gasteiger charge is 2.11. The Kier molecular flexibility index (Phi) is 2.88. The van der Waals surface area contributed by atoms with Gasteiger partial charge in [0.25, 0.3) is 0 Å². The number of fused-ring (bicyclic) bond motifs is 6. The molecule has 26 heavy (non-hydrogen) atoms. The summed E-state index contributed by atoms with van der Waals surface area (Å²) in [7, 11) is 0. The van der Waals surface area contributed by atoms with E-state index in [0.717, 1.165) is 47.4 Å². The number of pyridine rings is 4. The molecule has 6 heterocycles. The van der Waals surface area contributed by atoms with E-state index in [2.05, 4.69) is 28.2 Å². The second kappa shape index (κ2) is 5.27. The first-order chi connectivity index (χ1) is 12.9. The lowest BCUT2D eigenvalue weighted by Crippen LogP contribution is -1.86.